The molecule has 27 heavy (non-hydrogen) atoms. The van der Waals surface area contributed by atoms with Crippen LogP contribution in [-0.2, 0) is 4.79 Å². The van der Waals surface area contributed by atoms with Crippen LogP contribution in [0.3, 0.4) is 0 Å². The second kappa shape index (κ2) is 6.35. The first-order valence-electron chi connectivity index (χ1n) is 9.39. The second-order valence-electron chi connectivity index (χ2n) is 7.46. The SMILES string of the molecule is CC(=O)N1c2ccc3ccccc3c2[C@H]2C=CC[C@@H]2[C@@H]1c1ccc(Br)cc1. The smallest absolute Gasteiger partial charge is 0.224 e. The second-order valence-corrected chi connectivity index (χ2v) is 8.37. The summed E-state index contributed by atoms with van der Waals surface area (Å²) in [6, 6.07) is 21.3. The van der Waals surface area contributed by atoms with E-state index in [0.29, 0.717) is 11.8 Å². The molecule has 5 rings (SSSR count). The summed E-state index contributed by atoms with van der Waals surface area (Å²) in [5, 5.41) is 2.50. The molecule has 0 spiro atoms. The molecule has 0 bridgehead atoms. The monoisotopic (exact) mass is 417 g/mol. The van der Waals surface area contributed by atoms with Gasteiger partial charge < -0.3 is 4.90 Å². The van der Waals surface area contributed by atoms with Crippen LogP contribution in [0.4, 0.5) is 5.69 Å². The number of fused-ring (bicyclic) bond motifs is 5. The Morgan fingerprint density at radius 3 is 2.59 bits per heavy atom. The summed E-state index contributed by atoms with van der Waals surface area (Å²) in [6.45, 7) is 1.69. The largest absolute Gasteiger partial charge is 0.305 e. The predicted octanol–water partition coefficient (Wildman–Crippen LogP) is 6.37. The van der Waals surface area contributed by atoms with E-state index in [2.05, 4.69) is 88.7 Å². The molecule has 1 aliphatic heterocycles. The molecular formula is C24H20BrNO. The third kappa shape index (κ3) is 2.56. The average molecular weight is 418 g/mol. The highest BCUT2D eigenvalue weighted by Gasteiger charge is 2.44. The summed E-state index contributed by atoms with van der Waals surface area (Å²) < 4.78 is 1.06. The van der Waals surface area contributed by atoms with Crippen LogP contribution in [0, 0.1) is 5.92 Å². The summed E-state index contributed by atoms with van der Waals surface area (Å²) in [6.07, 6.45) is 5.63. The molecule has 2 aliphatic rings. The van der Waals surface area contributed by atoms with Gasteiger partial charge in [0.05, 0.1) is 6.04 Å². The van der Waals surface area contributed by atoms with Gasteiger partial charge in [-0.05, 0) is 52.4 Å². The van der Waals surface area contributed by atoms with Gasteiger partial charge in [-0.1, -0.05) is 70.5 Å². The van der Waals surface area contributed by atoms with E-state index in [1.165, 1.54) is 21.9 Å². The molecule has 2 nitrogen and oxygen atoms in total. The first-order valence-corrected chi connectivity index (χ1v) is 10.2. The first-order chi connectivity index (χ1) is 13.1. The number of hydrogen-bond acceptors (Lipinski definition) is 1. The van der Waals surface area contributed by atoms with Crippen LogP contribution in [0.25, 0.3) is 10.8 Å². The van der Waals surface area contributed by atoms with Gasteiger partial charge in [0.25, 0.3) is 0 Å². The van der Waals surface area contributed by atoms with E-state index in [9.17, 15) is 4.79 Å². The lowest BCUT2D eigenvalue weighted by Crippen LogP contribution is -2.42. The van der Waals surface area contributed by atoms with Gasteiger partial charge in [0.15, 0.2) is 0 Å². The van der Waals surface area contributed by atoms with E-state index in [4.69, 9.17) is 0 Å². The molecule has 3 aromatic carbocycles. The van der Waals surface area contributed by atoms with Gasteiger partial charge >= 0.3 is 0 Å². The van der Waals surface area contributed by atoms with Crippen LogP contribution in [0.5, 0.6) is 0 Å². The third-order valence-corrected chi connectivity index (χ3v) is 6.52. The van der Waals surface area contributed by atoms with E-state index < -0.39 is 0 Å². The maximum Gasteiger partial charge on any atom is 0.224 e. The fourth-order valence-corrected chi connectivity index (χ4v) is 5.18. The Hall–Kier alpha value is -2.39. The van der Waals surface area contributed by atoms with Crippen LogP contribution in [-0.4, -0.2) is 5.91 Å². The zero-order valence-corrected chi connectivity index (χ0v) is 16.7. The number of rotatable bonds is 1. The fourth-order valence-electron chi connectivity index (χ4n) is 4.91. The predicted molar refractivity (Wildman–Crippen MR) is 114 cm³/mol. The Bertz CT molecular complexity index is 1070. The summed E-state index contributed by atoms with van der Waals surface area (Å²) in [7, 11) is 0. The Morgan fingerprint density at radius 2 is 1.81 bits per heavy atom. The molecule has 3 heteroatoms. The van der Waals surface area contributed by atoms with Crippen molar-refractivity contribution in [2.24, 2.45) is 5.92 Å². The summed E-state index contributed by atoms with van der Waals surface area (Å²) in [5.74, 6) is 0.813. The molecule has 134 valence electrons. The number of hydrogen-bond donors (Lipinski definition) is 0. The molecule has 1 heterocycles. The van der Waals surface area contributed by atoms with Crippen LogP contribution in [0.15, 0.2) is 77.3 Å². The minimum atomic E-state index is 0.0595. The number of anilines is 1. The molecular weight excluding hydrogens is 398 g/mol. The van der Waals surface area contributed by atoms with Crippen molar-refractivity contribution in [2.75, 3.05) is 4.90 Å². The number of allylic oxidation sites excluding steroid dienone is 2. The molecule has 0 saturated heterocycles. The molecule has 1 amide bonds. The first kappa shape index (κ1) is 16.8. The highest BCUT2D eigenvalue weighted by atomic mass is 79.9. The van der Waals surface area contributed by atoms with Gasteiger partial charge in [-0.3, -0.25) is 4.79 Å². The number of benzene rings is 3. The van der Waals surface area contributed by atoms with Crippen LogP contribution in [0.1, 0.15) is 36.4 Å². The Labute approximate surface area is 167 Å². The van der Waals surface area contributed by atoms with Gasteiger partial charge in [0.1, 0.15) is 0 Å². The van der Waals surface area contributed by atoms with E-state index in [1.807, 2.05) is 4.90 Å². The van der Waals surface area contributed by atoms with Crippen molar-refractivity contribution >= 4 is 38.3 Å². The summed E-state index contributed by atoms with van der Waals surface area (Å²) >= 11 is 3.53. The van der Waals surface area contributed by atoms with Crippen molar-refractivity contribution in [3.63, 3.8) is 0 Å². The number of amides is 1. The van der Waals surface area contributed by atoms with Crippen molar-refractivity contribution in [1.29, 1.82) is 0 Å². The normalized spacial score (nSPS) is 23.3. The standard InChI is InChI=1S/C24H20BrNO/c1-15(27)26-22-14-11-16-5-2-3-6-19(16)23(22)20-7-4-8-21(20)24(26)17-9-12-18(25)13-10-17/h2-7,9-14,20-21,24H,8H2,1H3/t20-,21-,24-/m0/s1. The summed E-state index contributed by atoms with van der Waals surface area (Å²) in [5.41, 5.74) is 3.56. The molecule has 0 N–H and O–H groups in total. The van der Waals surface area contributed by atoms with Crippen LogP contribution >= 0.6 is 15.9 Å². The molecule has 3 atom stereocenters. The van der Waals surface area contributed by atoms with Gasteiger partial charge in [-0.15, -0.1) is 0 Å². The maximum atomic E-state index is 12.8. The van der Waals surface area contributed by atoms with E-state index in [0.717, 1.165) is 16.6 Å². The Kier molecular flexibility index (Phi) is 3.94. The summed E-state index contributed by atoms with van der Waals surface area (Å²) in [4.78, 5) is 14.9. The van der Waals surface area contributed by atoms with E-state index >= 15 is 0 Å². The maximum absolute atomic E-state index is 12.8. The van der Waals surface area contributed by atoms with E-state index in [-0.39, 0.29) is 11.9 Å². The lowest BCUT2D eigenvalue weighted by Gasteiger charge is -2.44. The topological polar surface area (TPSA) is 20.3 Å². The van der Waals surface area contributed by atoms with Crippen molar-refractivity contribution in [2.45, 2.75) is 25.3 Å². The molecule has 0 fully saturated rings. The minimum absolute atomic E-state index is 0.0595. The van der Waals surface area contributed by atoms with Crippen molar-refractivity contribution in [1.82, 2.24) is 0 Å². The third-order valence-electron chi connectivity index (χ3n) is 5.99. The van der Waals surface area contributed by atoms with Crippen molar-refractivity contribution in [3.05, 3.63) is 88.4 Å². The van der Waals surface area contributed by atoms with Gasteiger partial charge in [0.2, 0.25) is 5.91 Å². The molecule has 0 radical (unpaired) electrons. The number of carbonyl (C=O) groups is 1. The zero-order valence-electron chi connectivity index (χ0n) is 15.1. The molecule has 0 aromatic heterocycles. The molecule has 1 aliphatic carbocycles. The lowest BCUT2D eigenvalue weighted by atomic mass is 9.74. The molecule has 0 saturated carbocycles. The van der Waals surface area contributed by atoms with E-state index in [1.54, 1.807) is 6.92 Å². The molecule has 0 unspecified atom stereocenters. The highest BCUT2D eigenvalue weighted by molar-refractivity contribution is 9.10. The van der Waals surface area contributed by atoms with Crippen LogP contribution in [0.2, 0.25) is 0 Å². The minimum Gasteiger partial charge on any atom is -0.305 e. The zero-order chi connectivity index (χ0) is 18.5. The van der Waals surface area contributed by atoms with Crippen molar-refractivity contribution < 1.29 is 4.79 Å². The molecule has 3 aromatic rings. The Balaban J connectivity index is 1.78. The average Bonchev–Trinajstić information content (AvgIpc) is 3.16. The van der Waals surface area contributed by atoms with Crippen LogP contribution < -0.4 is 4.90 Å². The number of halogens is 1. The van der Waals surface area contributed by atoms with Crippen molar-refractivity contribution in [3.8, 4) is 0 Å². The number of carbonyl (C=O) groups excluding carboxylic acids is 1. The van der Waals surface area contributed by atoms with Gasteiger partial charge in [-0.25, -0.2) is 0 Å². The van der Waals surface area contributed by atoms with Gasteiger partial charge in [0, 0.05) is 23.0 Å². The fraction of sp³-hybridized carbons (Fsp3) is 0.208. The number of nitrogens with zero attached hydrogens (tertiary/aromatic N) is 1. The highest BCUT2D eigenvalue weighted by Crippen LogP contribution is 2.54. The Morgan fingerprint density at radius 1 is 1.04 bits per heavy atom. The van der Waals surface area contributed by atoms with Gasteiger partial charge in [-0.2, -0.15) is 0 Å². The quantitative estimate of drug-likeness (QED) is 0.421. The lowest BCUT2D eigenvalue weighted by molar-refractivity contribution is -0.117.